The van der Waals surface area contributed by atoms with Crippen LogP contribution in [-0.4, -0.2) is 33.0 Å². The van der Waals surface area contributed by atoms with Crippen LogP contribution >= 0.6 is 11.6 Å². The number of hydrogen-bond acceptors (Lipinski definition) is 6. The van der Waals surface area contributed by atoms with Gasteiger partial charge < -0.3 is 4.74 Å². The molecule has 0 aliphatic rings. The molecule has 10 heteroatoms. The van der Waals surface area contributed by atoms with Gasteiger partial charge in [-0.15, -0.1) is 0 Å². The van der Waals surface area contributed by atoms with Crippen LogP contribution in [0.3, 0.4) is 0 Å². The Bertz CT molecular complexity index is 1010. The highest BCUT2D eigenvalue weighted by Crippen LogP contribution is 2.29. The first-order valence-electron chi connectivity index (χ1n) is 7.80. The lowest BCUT2D eigenvalue weighted by Gasteiger charge is -2.20. The van der Waals surface area contributed by atoms with Gasteiger partial charge >= 0.3 is 5.97 Å². The fraction of sp³-hybridized carbons (Fsp3) is 0.235. The molecule has 0 spiro atoms. The predicted molar refractivity (Wildman–Crippen MR) is 101 cm³/mol. The van der Waals surface area contributed by atoms with E-state index in [1.165, 1.54) is 44.3 Å². The van der Waals surface area contributed by atoms with Crippen molar-refractivity contribution in [3.8, 4) is 0 Å². The molecule has 0 aromatic heterocycles. The van der Waals surface area contributed by atoms with E-state index in [-0.39, 0.29) is 33.5 Å². The molecule has 0 saturated carbocycles. The van der Waals surface area contributed by atoms with Gasteiger partial charge in [-0.3, -0.25) is 14.4 Å². The van der Waals surface area contributed by atoms with Gasteiger partial charge in [-0.1, -0.05) is 17.7 Å². The summed E-state index contributed by atoms with van der Waals surface area (Å²) in [7, 11) is -2.82. The smallest absolute Gasteiger partial charge is 0.339 e. The molecular formula is C17H17ClN2O6S. The Morgan fingerprint density at radius 3 is 2.52 bits per heavy atom. The molecule has 0 saturated heterocycles. The minimum Gasteiger partial charge on any atom is -0.462 e. The number of nitro groups is 1. The lowest BCUT2D eigenvalue weighted by Crippen LogP contribution is -2.27. The minimum atomic E-state index is -4.10. The van der Waals surface area contributed by atoms with E-state index in [2.05, 4.69) is 0 Å². The molecule has 0 aliphatic heterocycles. The average Bonchev–Trinajstić information content (AvgIpc) is 2.61. The third-order valence-electron chi connectivity index (χ3n) is 3.84. The van der Waals surface area contributed by atoms with Crippen LogP contribution in [0.4, 0.5) is 11.4 Å². The summed E-state index contributed by atoms with van der Waals surface area (Å²) in [5.41, 5.74) is 0.226. The number of benzene rings is 2. The summed E-state index contributed by atoms with van der Waals surface area (Å²) in [6.07, 6.45) is 0. The van der Waals surface area contributed by atoms with Crippen molar-refractivity contribution < 1.29 is 22.9 Å². The van der Waals surface area contributed by atoms with Crippen LogP contribution in [-0.2, 0) is 14.8 Å². The average molecular weight is 413 g/mol. The van der Waals surface area contributed by atoms with Crippen molar-refractivity contribution in [3.63, 3.8) is 0 Å². The van der Waals surface area contributed by atoms with Gasteiger partial charge in [0, 0.05) is 18.7 Å². The molecule has 2 aromatic rings. The lowest BCUT2D eigenvalue weighted by atomic mass is 10.2. The molecule has 0 bridgehead atoms. The van der Waals surface area contributed by atoms with E-state index in [9.17, 15) is 23.3 Å². The zero-order chi connectivity index (χ0) is 20.4. The first-order valence-corrected chi connectivity index (χ1v) is 9.62. The van der Waals surface area contributed by atoms with Gasteiger partial charge in [0.05, 0.1) is 32.7 Å². The molecule has 2 rings (SSSR count). The second kappa shape index (κ2) is 7.93. The third kappa shape index (κ3) is 4.20. The summed E-state index contributed by atoms with van der Waals surface area (Å²) in [5.74, 6) is -0.680. The summed E-state index contributed by atoms with van der Waals surface area (Å²) in [4.78, 5) is 22.2. The molecule has 0 atom stereocenters. The van der Waals surface area contributed by atoms with Crippen molar-refractivity contribution in [1.82, 2.24) is 0 Å². The second-order valence-corrected chi connectivity index (χ2v) is 7.94. The molecule has 0 aliphatic carbocycles. The Morgan fingerprint density at radius 2 is 1.93 bits per heavy atom. The zero-order valence-electron chi connectivity index (χ0n) is 14.8. The fourth-order valence-corrected chi connectivity index (χ4v) is 3.72. The third-order valence-corrected chi connectivity index (χ3v) is 5.96. The fourth-order valence-electron chi connectivity index (χ4n) is 2.32. The first-order chi connectivity index (χ1) is 12.6. The number of anilines is 1. The van der Waals surface area contributed by atoms with Crippen molar-refractivity contribution in [2.75, 3.05) is 18.0 Å². The van der Waals surface area contributed by atoms with Crippen molar-refractivity contribution in [2.45, 2.75) is 18.7 Å². The Morgan fingerprint density at radius 1 is 1.26 bits per heavy atom. The molecule has 27 heavy (non-hydrogen) atoms. The maximum atomic E-state index is 12.9. The van der Waals surface area contributed by atoms with Crippen molar-refractivity contribution in [2.24, 2.45) is 0 Å². The Hall–Kier alpha value is -2.65. The number of halogens is 1. The first kappa shape index (κ1) is 20.7. The van der Waals surface area contributed by atoms with E-state index in [0.717, 1.165) is 10.4 Å². The van der Waals surface area contributed by atoms with Gasteiger partial charge in [-0.05, 0) is 38.1 Å². The standard InChI is InChI=1S/C17H17ClN2O6S/c1-4-26-17(21)14-9-12(6-8-15(14)18)19(3)27(24,25)13-7-5-11(2)16(10-13)20(22)23/h5-10H,4H2,1-3H3. The van der Waals surface area contributed by atoms with Gasteiger partial charge in [-0.25, -0.2) is 13.2 Å². The molecule has 0 amide bonds. The van der Waals surface area contributed by atoms with Crippen LogP contribution in [0.1, 0.15) is 22.8 Å². The van der Waals surface area contributed by atoms with Gasteiger partial charge in [0.25, 0.3) is 15.7 Å². The number of carbonyl (C=O) groups is 1. The van der Waals surface area contributed by atoms with Gasteiger partial charge in [0.2, 0.25) is 0 Å². The number of sulfonamides is 1. The number of ether oxygens (including phenoxy) is 1. The Kier molecular flexibility index (Phi) is 6.07. The number of carbonyl (C=O) groups excluding carboxylic acids is 1. The molecular weight excluding hydrogens is 396 g/mol. The maximum absolute atomic E-state index is 12.9. The number of nitro benzene ring substituents is 1. The van der Waals surface area contributed by atoms with Crippen LogP contribution in [0.15, 0.2) is 41.3 Å². The maximum Gasteiger partial charge on any atom is 0.339 e. The topological polar surface area (TPSA) is 107 Å². The summed E-state index contributed by atoms with van der Waals surface area (Å²) in [6.45, 7) is 3.29. The summed E-state index contributed by atoms with van der Waals surface area (Å²) < 4.78 is 31.5. The monoisotopic (exact) mass is 412 g/mol. The van der Waals surface area contributed by atoms with E-state index in [0.29, 0.717) is 5.56 Å². The highest BCUT2D eigenvalue weighted by Gasteiger charge is 2.25. The van der Waals surface area contributed by atoms with E-state index >= 15 is 0 Å². The normalized spacial score (nSPS) is 11.1. The van der Waals surface area contributed by atoms with E-state index < -0.39 is 20.9 Å². The summed E-state index contributed by atoms with van der Waals surface area (Å²) in [5, 5.41) is 11.2. The zero-order valence-corrected chi connectivity index (χ0v) is 16.4. The van der Waals surface area contributed by atoms with E-state index in [4.69, 9.17) is 16.3 Å². The highest BCUT2D eigenvalue weighted by atomic mass is 35.5. The summed E-state index contributed by atoms with van der Waals surface area (Å²) >= 11 is 5.99. The molecule has 0 heterocycles. The molecule has 0 N–H and O–H groups in total. The van der Waals surface area contributed by atoms with Gasteiger partial charge in [0.15, 0.2) is 0 Å². The van der Waals surface area contributed by atoms with Crippen LogP contribution in [0, 0.1) is 17.0 Å². The van der Waals surface area contributed by atoms with Gasteiger partial charge in [-0.2, -0.15) is 0 Å². The predicted octanol–water partition coefficient (Wildman–Crippen LogP) is 3.56. The number of aryl methyl sites for hydroxylation is 1. The molecule has 0 fully saturated rings. The van der Waals surface area contributed by atoms with Crippen molar-refractivity contribution >= 4 is 39.0 Å². The number of rotatable bonds is 6. The van der Waals surface area contributed by atoms with Gasteiger partial charge in [0.1, 0.15) is 0 Å². The Labute approximate surface area is 161 Å². The SMILES string of the molecule is CCOC(=O)c1cc(N(C)S(=O)(=O)c2ccc(C)c([N+](=O)[O-])c2)ccc1Cl. The number of esters is 1. The molecule has 144 valence electrons. The van der Waals surface area contributed by atoms with E-state index in [1.54, 1.807) is 6.92 Å². The summed E-state index contributed by atoms with van der Waals surface area (Å²) in [6, 6.07) is 7.75. The van der Waals surface area contributed by atoms with Crippen LogP contribution in [0.5, 0.6) is 0 Å². The quantitative estimate of drug-likeness (QED) is 0.408. The molecule has 8 nitrogen and oxygen atoms in total. The lowest BCUT2D eigenvalue weighted by molar-refractivity contribution is -0.385. The Balaban J connectivity index is 2.49. The minimum absolute atomic E-state index is 0.0213. The van der Waals surface area contributed by atoms with Crippen LogP contribution in [0.2, 0.25) is 5.02 Å². The van der Waals surface area contributed by atoms with Crippen molar-refractivity contribution in [1.29, 1.82) is 0 Å². The molecule has 0 radical (unpaired) electrons. The molecule has 2 aromatic carbocycles. The van der Waals surface area contributed by atoms with Crippen molar-refractivity contribution in [3.05, 3.63) is 62.7 Å². The highest BCUT2D eigenvalue weighted by molar-refractivity contribution is 7.92. The van der Waals surface area contributed by atoms with Crippen LogP contribution < -0.4 is 4.31 Å². The van der Waals surface area contributed by atoms with E-state index in [1.807, 2.05) is 0 Å². The largest absolute Gasteiger partial charge is 0.462 e. The molecule has 0 unspecified atom stereocenters. The van der Waals surface area contributed by atoms with Crippen LogP contribution in [0.25, 0.3) is 0 Å². The second-order valence-electron chi connectivity index (χ2n) is 5.56. The number of nitrogens with zero attached hydrogens (tertiary/aromatic N) is 2. The number of hydrogen-bond donors (Lipinski definition) is 0.